The van der Waals surface area contributed by atoms with E-state index in [1.165, 1.54) is 11.3 Å². The number of aliphatic hydroxyl groups is 1. The van der Waals surface area contributed by atoms with Crippen LogP contribution in [0.5, 0.6) is 5.75 Å². The van der Waals surface area contributed by atoms with Crippen molar-refractivity contribution in [1.29, 1.82) is 5.26 Å². The number of nitriles is 1. The van der Waals surface area contributed by atoms with Crippen LogP contribution >= 0.6 is 11.3 Å². The average molecular weight is 478 g/mol. The minimum Gasteiger partial charge on any atom is -0.490 e. The topological polar surface area (TPSA) is 134 Å². The predicted molar refractivity (Wildman–Crippen MR) is 130 cm³/mol. The fourth-order valence-electron chi connectivity index (χ4n) is 4.12. The number of fused-ring (bicyclic) bond motifs is 1. The van der Waals surface area contributed by atoms with Crippen molar-refractivity contribution in [1.82, 2.24) is 15.5 Å². The molecule has 0 aliphatic heterocycles. The van der Waals surface area contributed by atoms with Crippen molar-refractivity contribution in [2.24, 2.45) is 5.73 Å². The van der Waals surface area contributed by atoms with Crippen LogP contribution in [0.15, 0.2) is 36.4 Å². The van der Waals surface area contributed by atoms with Gasteiger partial charge < -0.3 is 20.9 Å². The van der Waals surface area contributed by atoms with Crippen LogP contribution in [0.1, 0.15) is 49.4 Å². The van der Waals surface area contributed by atoms with Gasteiger partial charge in [-0.3, -0.25) is 4.79 Å². The first-order valence-corrected chi connectivity index (χ1v) is 12.1. The number of aliphatic hydroxyl groups excluding tert-OH is 1. The van der Waals surface area contributed by atoms with Crippen molar-refractivity contribution >= 4 is 17.2 Å². The van der Waals surface area contributed by atoms with Crippen molar-refractivity contribution in [3.8, 4) is 33.0 Å². The monoisotopic (exact) mass is 477 g/mol. The van der Waals surface area contributed by atoms with Crippen LogP contribution in [0.3, 0.4) is 0 Å². The molecule has 176 valence electrons. The van der Waals surface area contributed by atoms with Gasteiger partial charge in [-0.1, -0.05) is 29.5 Å². The Kier molecular flexibility index (Phi) is 7.22. The van der Waals surface area contributed by atoms with Gasteiger partial charge in [-0.15, -0.1) is 10.2 Å². The molecule has 4 rings (SSSR count). The zero-order valence-electron chi connectivity index (χ0n) is 19.1. The Bertz CT molecular complexity index is 1230. The normalized spacial score (nSPS) is 15.9. The second kappa shape index (κ2) is 10.3. The van der Waals surface area contributed by atoms with Crippen molar-refractivity contribution in [2.75, 3.05) is 6.61 Å². The third-order valence-electron chi connectivity index (χ3n) is 5.72. The number of amides is 1. The zero-order chi connectivity index (χ0) is 24.2. The van der Waals surface area contributed by atoms with Gasteiger partial charge in [-0.05, 0) is 62.4 Å². The summed E-state index contributed by atoms with van der Waals surface area (Å²) in [6.45, 7) is 3.45. The molecule has 8 nitrogen and oxygen atoms in total. The standard InChI is InChI=1S/C25H27N5O3S/c1-14(2)33-22-10-9-15(11-16(22)12-26)24-29-30-25(34-24)19-7-3-6-18-17(19)5-4-8-21(18)28-23(32)20(27)13-31/h3,6-7,9-11,14,20-21,31H,4-5,8,13,27H2,1-2H3,(H,28,32)/t20-,21-/m1/s1. The van der Waals surface area contributed by atoms with Crippen LogP contribution in [-0.2, 0) is 11.2 Å². The largest absolute Gasteiger partial charge is 0.490 e. The van der Waals surface area contributed by atoms with E-state index in [-0.39, 0.29) is 18.1 Å². The highest BCUT2D eigenvalue weighted by atomic mass is 32.1. The number of nitrogens with zero attached hydrogens (tertiary/aromatic N) is 3. The Morgan fingerprint density at radius 1 is 1.32 bits per heavy atom. The number of benzene rings is 2. The molecule has 9 heteroatoms. The van der Waals surface area contributed by atoms with Gasteiger partial charge >= 0.3 is 0 Å². The van der Waals surface area contributed by atoms with Crippen molar-refractivity contribution in [3.63, 3.8) is 0 Å². The fraction of sp³-hybridized carbons (Fsp3) is 0.360. The zero-order valence-corrected chi connectivity index (χ0v) is 19.9. The Hall–Kier alpha value is -3.32. The quantitative estimate of drug-likeness (QED) is 0.475. The van der Waals surface area contributed by atoms with E-state index in [4.69, 9.17) is 10.5 Å². The number of hydrogen-bond donors (Lipinski definition) is 3. The minimum atomic E-state index is -0.935. The Labute approximate surface area is 202 Å². The highest BCUT2D eigenvalue weighted by Crippen LogP contribution is 2.39. The molecule has 0 saturated heterocycles. The maximum atomic E-state index is 12.3. The highest BCUT2D eigenvalue weighted by molar-refractivity contribution is 7.17. The molecule has 1 heterocycles. The van der Waals surface area contributed by atoms with Crippen LogP contribution in [0.4, 0.5) is 0 Å². The number of ether oxygens (including phenoxy) is 1. The lowest BCUT2D eigenvalue weighted by molar-refractivity contribution is -0.124. The Balaban J connectivity index is 1.63. The Morgan fingerprint density at radius 2 is 2.12 bits per heavy atom. The van der Waals surface area contributed by atoms with E-state index < -0.39 is 12.6 Å². The van der Waals surface area contributed by atoms with Gasteiger partial charge in [0.25, 0.3) is 0 Å². The van der Waals surface area contributed by atoms with Crippen LogP contribution in [0.25, 0.3) is 21.1 Å². The number of carbonyl (C=O) groups excluding carboxylic acids is 1. The first-order chi connectivity index (χ1) is 16.4. The number of nitrogens with two attached hydrogens (primary N) is 1. The van der Waals surface area contributed by atoms with Gasteiger partial charge in [0, 0.05) is 11.1 Å². The molecule has 1 amide bonds. The van der Waals surface area contributed by atoms with Crippen LogP contribution < -0.4 is 15.8 Å². The fourth-order valence-corrected chi connectivity index (χ4v) is 5.01. The molecule has 4 N–H and O–H groups in total. The van der Waals surface area contributed by atoms with Gasteiger partial charge in [0.15, 0.2) is 0 Å². The second-order valence-electron chi connectivity index (χ2n) is 8.52. The maximum Gasteiger partial charge on any atom is 0.239 e. The maximum absolute atomic E-state index is 12.3. The van der Waals surface area contributed by atoms with Crippen LogP contribution in [0, 0.1) is 11.3 Å². The van der Waals surface area contributed by atoms with E-state index >= 15 is 0 Å². The lowest BCUT2D eigenvalue weighted by atomic mass is 9.85. The summed E-state index contributed by atoms with van der Waals surface area (Å²) in [6.07, 6.45) is 2.57. The molecular weight excluding hydrogens is 450 g/mol. The summed E-state index contributed by atoms with van der Waals surface area (Å²) in [5, 5.41) is 32.0. The predicted octanol–water partition coefficient (Wildman–Crippen LogP) is 3.34. The summed E-state index contributed by atoms with van der Waals surface area (Å²) in [5.74, 6) is 0.194. The Morgan fingerprint density at radius 3 is 2.85 bits per heavy atom. The van der Waals surface area contributed by atoms with Crippen molar-refractivity contribution in [3.05, 3.63) is 53.1 Å². The molecule has 2 atom stereocenters. The van der Waals surface area contributed by atoms with E-state index in [0.29, 0.717) is 11.3 Å². The van der Waals surface area contributed by atoms with E-state index in [9.17, 15) is 15.2 Å². The van der Waals surface area contributed by atoms with Gasteiger partial charge in [-0.2, -0.15) is 5.26 Å². The number of carbonyl (C=O) groups is 1. The molecule has 0 unspecified atom stereocenters. The average Bonchev–Trinajstić information content (AvgIpc) is 3.33. The second-order valence-corrected chi connectivity index (χ2v) is 9.50. The third kappa shape index (κ3) is 4.94. The molecule has 1 aromatic heterocycles. The molecule has 1 aliphatic rings. The number of hydrogen-bond acceptors (Lipinski definition) is 8. The number of nitrogens with one attached hydrogen (secondary N) is 1. The molecule has 0 bridgehead atoms. The van der Waals surface area contributed by atoms with Gasteiger partial charge in [0.2, 0.25) is 5.91 Å². The SMILES string of the molecule is CC(C)Oc1ccc(-c2nnc(-c3cccc4c3CCC[C@H]4NC(=O)[C@H](N)CO)s2)cc1C#N. The first kappa shape index (κ1) is 23.8. The lowest BCUT2D eigenvalue weighted by Crippen LogP contribution is -2.45. The summed E-state index contributed by atoms with van der Waals surface area (Å²) >= 11 is 1.46. The molecule has 0 fully saturated rings. The molecule has 1 aliphatic carbocycles. The van der Waals surface area contributed by atoms with Crippen LogP contribution in [0.2, 0.25) is 0 Å². The molecule has 2 aromatic carbocycles. The van der Waals surface area contributed by atoms with Crippen LogP contribution in [-0.4, -0.2) is 40.0 Å². The summed E-state index contributed by atoms with van der Waals surface area (Å²) in [4.78, 5) is 12.3. The van der Waals surface area contributed by atoms with E-state index in [1.54, 1.807) is 12.1 Å². The van der Waals surface area contributed by atoms with Crippen molar-refractivity contribution in [2.45, 2.75) is 51.3 Å². The van der Waals surface area contributed by atoms with E-state index in [0.717, 1.165) is 51.5 Å². The molecular formula is C25H27N5O3S. The summed E-state index contributed by atoms with van der Waals surface area (Å²) in [6, 6.07) is 12.6. The smallest absolute Gasteiger partial charge is 0.239 e. The third-order valence-corrected chi connectivity index (χ3v) is 6.73. The lowest BCUT2D eigenvalue weighted by Gasteiger charge is -2.28. The van der Waals surface area contributed by atoms with E-state index in [1.807, 2.05) is 38.1 Å². The molecule has 0 saturated carbocycles. The summed E-state index contributed by atoms with van der Waals surface area (Å²) in [7, 11) is 0. The highest BCUT2D eigenvalue weighted by Gasteiger charge is 2.26. The van der Waals surface area contributed by atoms with Gasteiger partial charge in [-0.25, -0.2) is 0 Å². The van der Waals surface area contributed by atoms with Gasteiger partial charge in [0.05, 0.1) is 24.3 Å². The molecule has 34 heavy (non-hydrogen) atoms. The van der Waals surface area contributed by atoms with E-state index in [2.05, 4.69) is 21.6 Å². The number of rotatable bonds is 7. The molecule has 3 aromatic rings. The molecule has 0 radical (unpaired) electrons. The number of aromatic nitrogens is 2. The summed E-state index contributed by atoms with van der Waals surface area (Å²) < 4.78 is 5.72. The first-order valence-electron chi connectivity index (χ1n) is 11.2. The van der Waals surface area contributed by atoms with Crippen molar-refractivity contribution < 1.29 is 14.6 Å². The summed E-state index contributed by atoms with van der Waals surface area (Å²) in [5.41, 5.74) is 10.1. The van der Waals surface area contributed by atoms with Gasteiger partial charge in [0.1, 0.15) is 27.9 Å². The molecule has 0 spiro atoms. The minimum absolute atomic E-state index is 0.0247.